The van der Waals surface area contributed by atoms with E-state index in [2.05, 4.69) is 60.5 Å². The van der Waals surface area contributed by atoms with Crippen molar-refractivity contribution in [3.63, 3.8) is 0 Å². The predicted octanol–water partition coefficient (Wildman–Crippen LogP) is 5.46. The monoisotopic (exact) mass is 517 g/mol. The highest BCUT2D eigenvalue weighted by Gasteiger charge is 2.39. The fourth-order valence-electron chi connectivity index (χ4n) is 5.52. The van der Waals surface area contributed by atoms with Crippen molar-refractivity contribution >= 4 is 5.91 Å². The molecule has 2 unspecified atom stereocenters. The van der Waals surface area contributed by atoms with Crippen LogP contribution in [0.5, 0.6) is 5.75 Å². The van der Waals surface area contributed by atoms with Crippen molar-refractivity contribution in [2.45, 2.75) is 38.5 Å². The Morgan fingerprint density at radius 3 is 2.36 bits per heavy atom. The van der Waals surface area contributed by atoms with Gasteiger partial charge in [0.15, 0.2) is 11.4 Å². The summed E-state index contributed by atoms with van der Waals surface area (Å²) < 4.78 is 7.97. The molecular formula is C33H31N3O3. The van der Waals surface area contributed by atoms with Gasteiger partial charge in [0.05, 0.1) is 6.04 Å². The van der Waals surface area contributed by atoms with E-state index in [0.29, 0.717) is 6.67 Å². The van der Waals surface area contributed by atoms with Gasteiger partial charge in [0.25, 0.3) is 5.91 Å². The van der Waals surface area contributed by atoms with Crippen molar-refractivity contribution in [2.24, 2.45) is 0 Å². The lowest BCUT2D eigenvalue weighted by Crippen LogP contribution is -2.57. The van der Waals surface area contributed by atoms with Crippen LogP contribution in [0, 0.1) is 0 Å². The molecule has 3 aromatic carbocycles. The molecule has 2 aliphatic rings. The van der Waals surface area contributed by atoms with Crippen LogP contribution in [-0.2, 0) is 13.0 Å². The summed E-state index contributed by atoms with van der Waals surface area (Å²) in [6.07, 6.45) is 7.58. The maximum atomic E-state index is 14.1. The van der Waals surface area contributed by atoms with Crippen molar-refractivity contribution in [1.29, 1.82) is 0 Å². The smallest absolute Gasteiger partial charge is 0.278 e. The lowest BCUT2D eigenvalue weighted by Gasteiger charge is -2.46. The third-order valence-electron chi connectivity index (χ3n) is 7.58. The van der Waals surface area contributed by atoms with Gasteiger partial charge in [-0.3, -0.25) is 19.3 Å². The number of carbonyl (C=O) groups is 1. The number of benzene rings is 3. The van der Waals surface area contributed by atoms with Crippen LogP contribution in [0.25, 0.3) is 0 Å². The Hall–Kier alpha value is -4.58. The number of carbonyl (C=O) groups excluding carboxylic acids is 1. The molecule has 39 heavy (non-hydrogen) atoms. The average Bonchev–Trinajstić information content (AvgIpc) is 2.99. The number of allylic oxidation sites excluding steroid dienone is 1. The molecular weight excluding hydrogens is 486 g/mol. The Bertz CT molecular complexity index is 1560. The van der Waals surface area contributed by atoms with E-state index in [0.717, 1.165) is 29.5 Å². The van der Waals surface area contributed by atoms with Crippen LogP contribution in [0.4, 0.5) is 0 Å². The topological polar surface area (TPSA) is 54.8 Å². The zero-order valence-electron chi connectivity index (χ0n) is 21.9. The number of rotatable bonds is 4. The van der Waals surface area contributed by atoms with E-state index in [1.165, 1.54) is 11.6 Å². The molecule has 2 bridgehead atoms. The fourth-order valence-corrected chi connectivity index (χ4v) is 5.52. The van der Waals surface area contributed by atoms with E-state index >= 15 is 0 Å². The van der Waals surface area contributed by atoms with Crippen molar-refractivity contribution in [3.05, 3.63) is 148 Å². The molecule has 6 rings (SSSR count). The van der Waals surface area contributed by atoms with E-state index < -0.39 is 0 Å². The van der Waals surface area contributed by atoms with Crippen molar-refractivity contribution < 1.29 is 9.53 Å². The Morgan fingerprint density at radius 2 is 1.56 bits per heavy atom. The van der Waals surface area contributed by atoms with E-state index in [-0.39, 0.29) is 41.5 Å². The molecule has 2 aliphatic heterocycles. The first-order chi connectivity index (χ1) is 19.1. The lowest BCUT2D eigenvalue weighted by atomic mass is 9.92. The molecule has 6 heteroatoms. The minimum atomic E-state index is -0.305. The second-order valence-corrected chi connectivity index (χ2v) is 10.1. The molecule has 3 heterocycles. The lowest BCUT2D eigenvalue weighted by molar-refractivity contribution is 0.0604. The molecule has 1 amide bonds. The average molecular weight is 518 g/mol. The molecule has 0 saturated carbocycles. The number of ether oxygens (including phenoxy) is 1. The van der Waals surface area contributed by atoms with Gasteiger partial charge in [-0.25, -0.2) is 0 Å². The molecule has 0 N–H and O–H groups in total. The molecule has 0 saturated heterocycles. The summed E-state index contributed by atoms with van der Waals surface area (Å²) in [5.41, 5.74) is 4.37. The maximum Gasteiger partial charge on any atom is 0.278 e. The second kappa shape index (κ2) is 10.7. The third-order valence-corrected chi connectivity index (χ3v) is 7.58. The first kappa shape index (κ1) is 24.7. The van der Waals surface area contributed by atoms with E-state index in [1.54, 1.807) is 6.20 Å². The van der Waals surface area contributed by atoms with Crippen LogP contribution in [0.3, 0.4) is 0 Å². The van der Waals surface area contributed by atoms with Crippen LogP contribution < -0.4 is 15.2 Å². The van der Waals surface area contributed by atoms with Gasteiger partial charge >= 0.3 is 0 Å². The third kappa shape index (κ3) is 4.74. The zero-order chi connectivity index (χ0) is 26.8. The van der Waals surface area contributed by atoms with E-state index in [9.17, 15) is 9.59 Å². The summed E-state index contributed by atoms with van der Waals surface area (Å²) in [5.74, 6) is -0.119. The fraction of sp³-hybridized carbons (Fsp3) is 0.212. The molecule has 0 radical (unpaired) electrons. The van der Waals surface area contributed by atoms with Gasteiger partial charge in [0.2, 0.25) is 5.43 Å². The highest BCUT2D eigenvalue weighted by molar-refractivity contribution is 5.96. The number of aromatic nitrogens is 1. The summed E-state index contributed by atoms with van der Waals surface area (Å²) in [6.45, 7) is 2.63. The van der Waals surface area contributed by atoms with Gasteiger partial charge in [-0.1, -0.05) is 97.1 Å². The quantitative estimate of drug-likeness (QED) is 0.338. The molecule has 2 atom stereocenters. The second-order valence-electron chi connectivity index (χ2n) is 10.1. The molecule has 6 nitrogen and oxygen atoms in total. The molecule has 196 valence electrons. The molecule has 1 aromatic heterocycles. The first-order valence-corrected chi connectivity index (χ1v) is 13.4. The number of amides is 1. The number of hydrogen-bond acceptors (Lipinski definition) is 4. The van der Waals surface area contributed by atoms with Gasteiger partial charge in [0.1, 0.15) is 13.3 Å². The molecule has 0 fully saturated rings. The predicted molar refractivity (Wildman–Crippen MR) is 152 cm³/mol. The largest absolute Gasteiger partial charge is 0.482 e. The van der Waals surface area contributed by atoms with Crippen molar-refractivity contribution in [3.8, 4) is 5.75 Å². The Balaban J connectivity index is 1.56. The van der Waals surface area contributed by atoms with Crippen molar-refractivity contribution in [2.75, 3.05) is 11.7 Å². The molecule has 4 aromatic rings. The molecule has 0 aliphatic carbocycles. The van der Waals surface area contributed by atoms with Crippen molar-refractivity contribution in [1.82, 2.24) is 9.58 Å². The van der Waals surface area contributed by atoms with Gasteiger partial charge < -0.3 is 9.64 Å². The standard InChI is InChI=1S/C33H31N3O3/c1-24-12-8-9-15-26-16-10-11-19-28(26)30(27-17-6-3-7-18-27)36-23-34(24)33(38)31-32(29(37)20-21-35(31)36)39-22-25-13-4-2-5-14-25/h2-11,13-14,16-21,24,30H,12,15,22-23H2,1H3/b9-8-. The van der Waals surface area contributed by atoms with E-state index in [4.69, 9.17) is 4.74 Å². The van der Waals surface area contributed by atoms with Gasteiger partial charge in [-0.05, 0) is 42.0 Å². The number of nitrogens with zero attached hydrogens (tertiary/aromatic N) is 3. The summed E-state index contributed by atoms with van der Waals surface area (Å²) in [4.78, 5) is 29.2. The van der Waals surface area contributed by atoms with E-state index in [1.807, 2.05) is 58.1 Å². The first-order valence-electron chi connectivity index (χ1n) is 13.4. The summed E-state index contributed by atoms with van der Waals surface area (Å²) in [5, 5.41) is 2.18. The van der Waals surface area contributed by atoms with Crippen LogP contribution >= 0.6 is 0 Å². The summed E-state index contributed by atoms with van der Waals surface area (Å²) in [6, 6.07) is 29.7. The summed E-state index contributed by atoms with van der Waals surface area (Å²) >= 11 is 0. The number of hydrogen-bond donors (Lipinski definition) is 0. The Kier molecular flexibility index (Phi) is 6.76. The van der Waals surface area contributed by atoms with Crippen LogP contribution in [-0.4, -0.2) is 28.2 Å². The zero-order valence-corrected chi connectivity index (χ0v) is 21.9. The van der Waals surface area contributed by atoms with Gasteiger partial charge in [0, 0.05) is 18.3 Å². The SMILES string of the molecule is CC1C/C=C\Cc2ccccc2C(c2ccccc2)N2CN1C(=O)c1c(OCc3ccccc3)c(=O)ccn12. The van der Waals surface area contributed by atoms with Gasteiger partial charge in [-0.2, -0.15) is 0 Å². The minimum Gasteiger partial charge on any atom is -0.482 e. The molecule has 0 spiro atoms. The number of fused-ring (bicyclic) bond motifs is 5. The highest BCUT2D eigenvalue weighted by atomic mass is 16.5. The maximum absolute atomic E-state index is 14.1. The summed E-state index contributed by atoms with van der Waals surface area (Å²) in [7, 11) is 0. The number of pyridine rings is 1. The minimum absolute atomic E-state index is 0.0695. The highest BCUT2D eigenvalue weighted by Crippen LogP contribution is 2.35. The van der Waals surface area contributed by atoms with Gasteiger partial charge in [-0.15, -0.1) is 0 Å². The van der Waals surface area contributed by atoms with Crippen LogP contribution in [0.15, 0.2) is 114 Å². The Morgan fingerprint density at radius 1 is 0.846 bits per heavy atom. The van der Waals surface area contributed by atoms with Crippen LogP contribution in [0.2, 0.25) is 0 Å². The van der Waals surface area contributed by atoms with Crippen LogP contribution in [0.1, 0.15) is 52.1 Å². The normalized spacial score (nSPS) is 19.5. The Labute approximate surface area is 228 Å².